The second-order valence-corrected chi connectivity index (χ2v) is 26.5. The maximum atomic E-state index is 13.0. The molecule has 0 unspecified atom stereocenters. The Hall–Kier alpha value is -2.18. The van der Waals surface area contributed by atoms with E-state index < -0.39 is 24.0 Å². The summed E-state index contributed by atoms with van der Waals surface area (Å²) in [6.07, 6.45) is 3.39. The fourth-order valence-corrected chi connectivity index (χ4v) is 7.65. The molecule has 2 rings (SSSR count). The van der Waals surface area contributed by atoms with E-state index in [1.165, 1.54) is 9.92 Å². The van der Waals surface area contributed by atoms with Gasteiger partial charge in [0.05, 0.1) is 0 Å². The minimum absolute atomic E-state index is 0.0109. The number of carbonyl (C=O) groups excluding carboxylic acids is 2. The fourth-order valence-electron chi connectivity index (χ4n) is 4.20. The molecule has 0 atom stereocenters. The molecule has 0 spiro atoms. The van der Waals surface area contributed by atoms with Gasteiger partial charge in [0, 0.05) is 0 Å². The van der Waals surface area contributed by atoms with Crippen LogP contribution in [0.4, 0.5) is 0 Å². The van der Waals surface area contributed by atoms with Gasteiger partial charge < -0.3 is 4.74 Å². The molecule has 0 saturated carbocycles. The molecule has 1 aliphatic rings. The number of nitrogens with one attached hydrogen (secondary N) is 3. The molecule has 1 amide bonds. The number of nitrogens with zero attached hydrogens (tertiary/aromatic N) is 4. The summed E-state index contributed by atoms with van der Waals surface area (Å²) in [6, 6.07) is 6.47. The Balaban J connectivity index is 2.00. The molecule has 218 valence electrons. The van der Waals surface area contributed by atoms with E-state index in [0.29, 0.717) is 32.0 Å². The number of ether oxygens (including phenoxy) is 1. The normalized spacial score (nSPS) is 13.6. The standard InChI is InChI=1S/C25H40N7O3.3CH3.Sn/c1-6-11-31(13-14-32(12-7-2)18-23(34)35-25(3,4)5)17-22(33)26-16-20-9-8-10-21(15-20)24-29-27-19-28-30-24;;;;/h9-10,15,19H,6-7,11-14,16-18H2,1-5H3,(H,26,33)(H,27,28)(H,29,30);3*1H3;. The average Bonchev–Trinajstić information content (AvgIpc) is 2.85. The maximum absolute atomic E-state index is 13.0. The summed E-state index contributed by atoms with van der Waals surface area (Å²) in [5, 5.41) is 11.5. The van der Waals surface area contributed by atoms with Crippen LogP contribution in [0.1, 0.15) is 58.6 Å². The third-order valence-electron chi connectivity index (χ3n) is 6.04. The summed E-state index contributed by atoms with van der Waals surface area (Å²) >= 11 is -2.39. The van der Waals surface area contributed by atoms with Crippen molar-refractivity contribution in [3.8, 4) is 0 Å². The minimum atomic E-state index is -2.39. The Morgan fingerprint density at radius 2 is 1.62 bits per heavy atom. The van der Waals surface area contributed by atoms with E-state index in [-0.39, 0.29) is 18.4 Å². The van der Waals surface area contributed by atoms with Gasteiger partial charge >= 0.3 is 190 Å². The molecular weight excluding hydrogens is 601 g/mol. The molecule has 0 aliphatic carbocycles. The predicted octanol–water partition coefficient (Wildman–Crippen LogP) is 2.41. The van der Waals surface area contributed by atoms with Crippen molar-refractivity contribution in [2.75, 3.05) is 39.3 Å². The van der Waals surface area contributed by atoms with Gasteiger partial charge in [-0.15, -0.1) is 0 Å². The molecule has 1 aromatic rings. The first-order valence-corrected chi connectivity index (χ1v) is 24.0. The molecule has 0 aromatic heterocycles. The Morgan fingerprint density at radius 1 is 0.974 bits per heavy atom. The Bertz CT molecular complexity index is 1020. The predicted molar refractivity (Wildman–Crippen MR) is 162 cm³/mol. The van der Waals surface area contributed by atoms with Gasteiger partial charge in [-0.25, -0.2) is 0 Å². The second kappa shape index (κ2) is 15.6. The van der Waals surface area contributed by atoms with Gasteiger partial charge in [0.15, 0.2) is 0 Å². The number of hydrazone groups is 2. The van der Waals surface area contributed by atoms with Crippen molar-refractivity contribution in [2.24, 2.45) is 10.2 Å². The first kappa shape index (κ1) is 33.0. The quantitative estimate of drug-likeness (QED) is 0.198. The Morgan fingerprint density at radius 3 is 2.15 bits per heavy atom. The van der Waals surface area contributed by atoms with Crippen LogP contribution >= 0.6 is 0 Å². The van der Waals surface area contributed by atoms with E-state index >= 15 is 0 Å². The van der Waals surface area contributed by atoms with Crippen LogP contribution < -0.4 is 19.7 Å². The van der Waals surface area contributed by atoms with Crippen molar-refractivity contribution in [3.63, 3.8) is 0 Å². The number of hydrogen-bond acceptors (Lipinski definition) is 9. The molecule has 10 nitrogen and oxygen atoms in total. The van der Waals surface area contributed by atoms with Crippen molar-refractivity contribution >= 4 is 46.0 Å². The number of carbonyl (C=O) groups is 2. The van der Waals surface area contributed by atoms with Gasteiger partial charge in [-0.1, -0.05) is 6.92 Å². The van der Waals surface area contributed by atoms with Crippen LogP contribution in [-0.2, 0) is 20.9 Å². The number of esters is 1. The number of amidine groups is 1. The van der Waals surface area contributed by atoms with Crippen molar-refractivity contribution in [1.29, 1.82) is 0 Å². The van der Waals surface area contributed by atoms with E-state index in [2.05, 4.69) is 83.0 Å². The molecule has 3 N–H and O–H groups in total. The van der Waals surface area contributed by atoms with E-state index in [1.807, 2.05) is 20.8 Å². The molecule has 39 heavy (non-hydrogen) atoms. The first-order chi connectivity index (χ1) is 18.3. The van der Waals surface area contributed by atoms with Crippen LogP contribution in [0.5, 0.6) is 0 Å². The van der Waals surface area contributed by atoms with Crippen LogP contribution in [0.25, 0.3) is 0 Å². The fraction of sp³-hybridized carbons (Fsp3) is 0.643. The molecule has 1 aliphatic heterocycles. The molecule has 0 fully saturated rings. The van der Waals surface area contributed by atoms with E-state index in [1.54, 1.807) is 0 Å². The SMILES string of the molecule is CCCN(CCN(CCC)CC(=O)OC(C)(C)C)CC(=O)NCc1cc(C2=NNC=NN2)c[c]([Sn]([CH3])([CH3])[CH3])c1. The molecule has 1 heterocycles. The number of rotatable bonds is 15. The molecule has 1 aromatic carbocycles. The van der Waals surface area contributed by atoms with Gasteiger partial charge in [0.25, 0.3) is 0 Å². The van der Waals surface area contributed by atoms with Gasteiger partial charge in [-0.3, -0.25) is 4.79 Å². The second-order valence-electron chi connectivity index (χ2n) is 12.0. The third-order valence-corrected chi connectivity index (χ3v) is 11.8. The molecule has 0 radical (unpaired) electrons. The third kappa shape index (κ3) is 12.7. The van der Waals surface area contributed by atoms with Crippen molar-refractivity contribution in [3.05, 3.63) is 29.3 Å². The van der Waals surface area contributed by atoms with E-state index in [0.717, 1.165) is 37.1 Å². The Labute approximate surface area is 238 Å². The van der Waals surface area contributed by atoms with Gasteiger partial charge in [-0.2, -0.15) is 0 Å². The van der Waals surface area contributed by atoms with Crippen LogP contribution in [-0.4, -0.2) is 97.1 Å². The summed E-state index contributed by atoms with van der Waals surface area (Å²) in [5.74, 6) is 0.442. The van der Waals surface area contributed by atoms with Crippen LogP contribution in [0, 0.1) is 0 Å². The monoisotopic (exact) mass is 651 g/mol. The topological polar surface area (TPSA) is 111 Å². The van der Waals surface area contributed by atoms with Gasteiger partial charge in [0.1, 0.15) is 5.60 Å². The van der Waals surface area contributed by atoms with E-state index in [4.69, 9.17) is 4.74 Å². The number of hydrogen-bond donors (Lipinski definition) is 3. The van der Waals surface area contributed by atoms with Gasteiger partial charge in [0.2, 0.25) is 0 Å². The van der Waals surface area contributed by atoms with Crippen LogP contribution in [0.2, 0.25) is 14.8 Å². The number of amides is 1. The summed E-state index contributed by atoms with van der Waals surface area (Å²) in [4.78, 5) is 36.7. The molecule has 0 saturated heterocycles. The van der Waals surface area contributed by atoms with Gasteiger partial charge in [-0.05, 0) is 27.2 Å². The van der Waals surface area contributed by atoms with Crippen molar-refractivity contribution in [2.45, 2.75) is 74.4 Å². The number of benzene rings is 1. The van der Waals surface area contributed by atoms with Crippen molar-refractivity contribution < 1.29 is 14.3 Å². The Kier molecular flexibility index (Phi) is 13.2. The summed E-state index contributed by atoms with van der Waals surface area (Å²) in [7, 11) is 0. The molecule has 11 heteroatoms. The zero-order valence-electron chi connectivity index (χ0n) is 25.2. The van der Waals surface area contributed by atoms with E-state index in [9.17, 15) is 9.59 Å². The summed E-state index contributed by atoms with van der Waals surface area (Å²) in [5.41, 5.74) is 7.26. The zero-order chi connectivity index (χ0) is 29.1. The average molecular weight is 650 g/mol. The molecule has 0 bridgehead atoms. The van der Waals surface area contributed by atoms with Crippen LogP contribution in [0.3, 0.4) is 0 Å². The molecular formula is C28H49N7O3Sn. The summed E-state index contributed by atoms with van der Waals surface area (Å²) < 4.78 is 6.87. The zero-order valence-corrected chi connectivity index (χ0v) is 28.0. The van der Waals surface area contributed by atoms with Crippen molar-refractivity contribution in [1.82, 2.24) is 26.0 Å². The first-order valence-electron chi connectivity index (χ1n) is 14.0. The van der Waals surface area contributed by atoms with Crippen LogP contribution in [0.15, 0.2) is 28.4 Å². The summed E-state index contributed by atoms with van der Waals surface area (Å²) in [6.45, 7) is 13.9.